The molecule has 128 valence electrons. The molecule has 0 aromatic carbocycles. The van der Waals surface area contributed by atoms with E-state index in [0.717, 1.165) is 0 Å². The van der Waals surface area contributed by atoms with Gasteiger partial charge in [0.1, 0.15) is 0 Å². The molecule has 4 N–H and O–H groups in total. The van der Waals surface area contributed by atoms with Crippen molar-refractivity contribution in [2.45, 2.75) is 105 Å². The Bertz CT molecular complexity index is 130. The minimum atomic E-state index is -0.250. The van der Waals surface area contributed by atoms with Crippen LogP contribution in [0.1, 0.15) is 83.1 Å². The fourth-order valence-corrected chi connectivity index (χ4v) is 0. The topological polar surface area (TPSA) is 95.2 Å². The summed E-state index contributed by atoms with van der Waals surface area (Å²) < 4.78 is 0. The SMILES string of the molecule is CC(C)(C)[NH-].CC(C)(C)[NH-].CC(C)(C)[NH-].CC(C)(C)[NH-].[Zr+4]. The van der Waals surface area contributed by atoms with Gasteiger partial charge in [-0.15, -0.1) is 22.2 Å². The Morgan fingerprint density at radius 2 is 0.333 bits per heavy atom. The van der Waals surface area contributed by atoms with Crippen LogP contribution < -0.4 is 0 Å². The van der Waals surface area contributed by atoms with Crippen molar-refractivity contribution in [3.8, 4) is 0 Å². The largest absolute Gasteiger partial charge is 4.00 e. The molecule has 0 amide bonds. The molecule has 0 rings (SSSR count). The summed E-state index contributed by atoms with van der Waals surface area (Å²) in [6.45, 7) is 22.3. The van der Waals surface area contributed by atoms with Gasteiger partial charge in [0.25, 0.3) is 0 Å². The van der Waals surface area contributed by atoms with Crippen LogP contribution in [0.4, 0.5) is 0 Å². The van der Waals surface area contributed by atoms with E-state index in [9.17, 15) is 0 Å². The zero-order valence-electron chi connectivity index (χ0n) is 16.5. The van der Waals surface area contributed by atoms with Gasteiger partial charge in [-0.1, -0.05) is 83.1 Å². The molecule has 0 unspecified atom stereocenters. The van der Waals surface area contributed by atoms with Gasteiger partial charge in [0.15, 0.2) is 0 Å². The van der Waals surface area contributed by atoms with Crippen molar-refractivity contribution in [2.24, 2.45) is 0 Å². The Morgan fingerprint density at radius 3 is 0.333 bits per heavy atom. The molecule has 0 aliphatic carbocycles. The van der Waals surface area contributed by atoms with E-state index in [1.165, 1.54) is 0 Å². The molecule has 5 heteroatoms. The first kappa shape index (κ1) is 33.4. The van der Waals surface area contributed by atoms with Crippen LogP contribution >= 0.6 is 0 Å². The molecule has 0 fully saturated rings. The van der Waals surface area contributed by atoms with Crippen LogP contribution in [-0.4, -0.2) is 22.2 Å². The zero-order valence-corrected chi connectivity index (χ0v) is 19.0. The van der Waals surface area contributed by atoms with Crippen molar-refractivity contribution in [2.75, 3.05) is 0 Å². The van der Waals surface area contributed by atoms with Crippen LogP contribution in [0.2, 0.25) is 0 Å². The second-order valence-electron chi connectivity index (χ2n) is 9.00. The standard InChI is InChI=1S/4C4H10N.Zr/c4*1-4(2,3)5;/h4*5H,1-3H3;/q4*-1;+4. The van der Waals surface area contributed by atoms with E-state index < -0.39 is 0 Å². The second-order valence-corrected chi connectivity index (χ2v) is 9.00. The fraction of sp³-hybridized carbons (Fsp3) is 1.00. The monoisotopic (exact) mass is 378 g/mol. The van der Waals surface area contributed by atoms with E-state index in [0.29, 0.717) is 0 Å². The maximum absolute atomic E-state index is 6.94. The summed E-state index contributed by atoms with van der Waals surface area (Å²) in [5.74, 6) is 0. The van der Waals surface area contributed by atoms with Crippen LogP contribution in [0.15, 0.2) is 0 Å². The van der Waals surface area contributed by atoms with E-state index >= 15 is 0 Å². The van der Waals surface area contributed by atoms with Gasteiger partial charge in [-0.05, 0) is 0 Å². The first-order chi connectivity index (χ1) is 8.00. The molecule has 21 heavy (non-hydrogen) atoms. The normalized spacial score (nSPS) is 11.4. The molecule has 0 aliphatic heterocycles. The van der Waals surface area contributed by atoms with Crippen LogP contribution in [0.3, 0.4) is 0 Å². The summed E-state index contributed by atoms with van der Waals surface area (Å²) >= 11 is 0. The summed E-state index contributed by atoms with van der Waals surface area (Å²) in [6.07, 6.45) is 0. The third kappa shape index (κ3) is 13900. The quantitative estimate of drug-likeness (QED) is 0.420. The summed E-state index contributed by atoms with van der Waals surface area (Å²) in [7, 11) is 0. The summed E-state index contributed by atoms with van der Waals surface area (Å²) in [6, 6.07) is 0. The van der Waals surface area contributed by atoms with Gasteiger partial charge in [0.2, 0.25) is 0 Å². The Morgan fingerprint density at radius 1 is 0.333 bits per heavy atom. The van der Waals surface area contributed by atoms with Crippen molar-refractivity contribution >= 4 is 0 Å². The number of hydrogen-bond donors (Lipinski definition) is 0. The van der Waals surface area contributed by atoms with Gasteiger partial charge in [-0.25, -0.2) is 0 Å². The first-order valence-electron chi connectivity index (χ1n) is 7.00. The Labute approximate surface area is 154 Å². The van der Waals surface area contributed by atoms with Crippen molar-refractivity contribution in [3.63, 3.8) is 0 Å². The molecule has 0 aromatic heterocycles. The van der Waals surface area contributed by atoms with Gasteiger partial charge in [-0.3, -0.25) is 0 Å². The Hall–Kier alpha value is 0.723. The first-order valence-corrected chi connectivity index (χ1v) is 7.00. The predicted octanol–water partition coefficient (Wildman–Crippen LogP) is 7.35. The van der Waals surface area contributed by atoms with Gasteiger partial charge in [0.05, 0.1) is 0 Å². The van der Waals surface area contributed by atoms with Gasteiger partial charge < -0.3 is 22.9 Å². The molecule has 0 saturated carbocycles. The summed E-state index contributed by atoms with van der Waals surface area (Å²) in [5, 5.41) is 0. The van der Waals surface area contributed by atoms with Crippen molar-refractivity contribution in [1.29, 1.82) is 0 Å². The second kappa shape index (κ2) is 13.2. The maximum atomic E-state index is 6.94. The smallest absolute Gasteiger partial charge is 0.673 e. The summed E-state index contributed by atoms with van der Waals surface area (Å²) in [4.78, 5) is 0. The van der Waals surface area contributed by atoms with Crippen LogP contribution in [0.25, 0.3) is 22.9 Å². The van der Waals surface area contributed by atoms with E-state index in [4.69, 9.17) is 22.9 Å². The Kier molecular flexibility index (Phi) is 20.9. The molecular formula is C16H40N4Zr. The number of nitrogens with one attached hydrogen (secondary N) is 4. The molecule has 0 radical (unpaired) electrons. The molecule has 0 saturated heterocycles. The maximum Gasteiger partial charge on any atom is 4.00 e. The minimum absolute atomic E-state index is 0. The molecule has 0 heterocycles. The predicted molar refractivity (Wildman–Crippen MR) is 96.3 cm³/mol. The average molecular weight is 380 g/mol. The third-order valence-corrected chi connectivity index (χ3v) is 0. The van der Waals surface area contributed by atoms with E-state index in [2.05, 4.69) is 0 Å². The molecule has 0 bridgehead atoms. The minimum Gasteiger partial charge on any atom is -0.673 e. The molecule has 0 spiro atoms. The Balaban J connectivity index is -0.0000000533. The molecule has 0 aliphatic rings. The summed E-state index contributed by atoms with van der Waals surface area (Å²) in [5.41, 5.74) is 26.8. The van der Waals surface area contributed by atoms with Crippen LogP contribution in [-0.2, 0) is 26.2 Å². The zero-order chi connectivity index (χ0) is 18.0. The molecular weight excluding hydrogens is 339 g/mol. The van der Waals surface area contributed by atoms with E-state index in [1.54, 1.807) is 0 Å². The van der Waals surface area contributed by atoms with Gasteiger partial charge in [-0.2, -0.15) is 0 Å². The van der Waals surface area contributed by atoms with Gasteiger partial charge in [0, 0.05) is 0 Å². The average Bonchev–Trinajstić information content (AvgIpc) is 1.62. The van der Waals surface area contributed by atoms with Crippen LogP contribution in [0.5, 0.6) is 0 Å². The van der Waals surface area contributed by atoms with Crippen LogP contribution in [0, 0.1) is 0 Å². The fourth-order valence-electron chi connectivity index (χ4n) is 0. The van der Waals surface area contributed by atoms with E-state index in [-0.39, 0.29) is 48.4 Å². The van der Waals surface area contributed by atoms with E-state index in [1.807, 2.05) is 83.1 Å². The van der Waals surface area contributed by atoms with Crippen molar-refractivity contribution in [3.05, 3.63) is 22.9 Å². The van der Waals surface area contributed by atoms with Gasteiger partial charge >= 0.3 is 26.2 Å². The van der Waals surface area contributed by atoms with Crippen molar-refractivity contribution < 1.29 is 26.2 Å². The third-order valence-electron chi connectivity index (χ3n) is 0. The molecule has 4 nitrogen and oxygen atoms in total. The number of hydrogen-bond acceptors (Lipinski definition) is 0. The number of rotatable bonds is 0. The molecule has 0 aromatic rings. The molecule has 0 atom stereocenters. The van der Waals surface area contributed by atoms with Crippen molar-refractivity contribution in [1.82, 2.24) is 0 Å².